The summed E-state index contributed by atoms with van der Waals surface area (Å²) in [5.74, 6) is -1.73. The van der Waals surface area contributed by atoms with Crippen molar-refractivity contribution in [3.8, 4) is 0 Å². The number of nitrogens with zero attached hydrogens (tertiary/aromatic N) is 4. The highest BCUT2D eigenvalue weighted by molar-refractivity contribution is 5.84. The largest absolute Gasteiger partial charge is 0.479 e. The molecule has 1 aromatic carbocycles. The number of carboxylic acid groups (broad SMARTS) is 1. The van der Waals surface area contributed by atoms with Crippen molar-refractivity contribution in [2.45, 2.75) is 19.5 Å². The van der Waals surface area contributed by atoms with Gasteiger partial charge in [0, 0.05) is 0 Å². The fourth-order valence-electron chi connectivity index (χ4n) is 1.80. The molecule has 110 valence electrons. The Bertz CT molecular complexity index is 669. The maximum atomic E-state index is 11.9. The summed E-state index contributed by atoms with van der Waals surface area (Å²) in [7, 11) is 0. The van der Waals surface area contributed by atoms with Gasteiger partial charge in [0.2, 0.25) is 11.9 Å². The molecule has 0 saturated carbocycles. The first-order valence-corrected chi connectivity index (χ1v) is 6.07. The van der Waals surface area contributed by atoms with Gasteiger partial charge in [-0.3, -0.25) is 4.79 Å². The fraction of sp³-hybridized carbons (Fsp3) is 0.250. The van der Waals surface area contributed by atoms with E-state index in [1.165, 1.54) is 0 Å². The number of nitrogen functional groups attached to an aromatic ring is 1. The smallest absolute Gasteiger partial charge is 0.330 e. The second-order valence-electron chi connectivity index (χ2n) is 4.45. The molecule has 0 spiro atoms. The summed E-state index contributed by atoms with van der Waals surface area (Å²) in [6, 6.07) is 5.76. The average Bonchev–Trinajstić information content (AvgIpc) is 2.81. The molecular formula is C12H14N6O3. The lowest BCUT2D eigenvalue weighted by atomic mass is 10.0. The number of tetrazole rings is 1. The van der Waals surface area contributed by atoms with E-state index in [1.807, 2.05) is 13.0 Å². The summed E-state index contributed by atoms with van der Waals surface area (Å²) in [6.07, 6.45) is 0. The number of rotatable bonds is 5. The molecule has 0 aliphatic carbocycles. The van der Waals surface area contributed by atoms with Gasteiger partial charge in [-0.1, -0.05) is 34.9 Å². The van der Waals surface area contributed by atoms with Gasteiger partial charge in [-0.25, -0.2) is 9.48 Å². The number of anilines is 1. The normalized spacial score (nSPS) is 11.9. The summed E-state index contributed by atoms with van der Waals surface area (Å²) in [5, 5.41) is 21.9. The Morgan fingerprint density at radius 2 is 2.24 bits per heavy atom. The molecule has 1 amide bonds. The molecule has 0 saturated heterocycles. The summed E-state index contributed by atoms with van der Waals surface area (Å²) < 4.78 is 1.07. The third kappa shape index (κ3) is 3.53. The van der Waals surface area contributed by atoms with Crippen molar-refractivity contribution in [3.05, 3.63) is 35.4 Å². The van der Waals surface area contributed by atoms with Crippen LogP contribution in [-0.4, -0.2) is 37.2 Å². The van der Waals surface area contributed by atoms with Crippen molar-refractivity contribution in [1.29, 1.82) is 0 Å². The van der Waals surface area contributed by atoms with Gasteiger partial charge in [0.1, 0.15) is 6.54 Å². The summed E-state index contributed by atoms with van der Waals surface area (Å²) in [4.78, 5) is 23.2. The van der Waals surface area contributed by atoms with Gasteiger partial charge in [-0.2, -0.15) is 0 Å². The van der Waals surface area contributed by atoms with Crippen molar-refractivity contribution < 1.29 is 14.7 Å². The molecule has 0 bridgehead atoms. The molecule has 2 aromatic rings. The molecule has 9 nitrogen and oxygen atoms in total. The Morgan fingerprint density at radius 3 is 2.81 bits per heavy atom. The van der Waals surface area contributed by atoms with Crippen LogP contribution in [-0.2, 0) is 16.1 Å². The molecule has 21 heavy (non-hydrogen) atoms. The molecule has 1 atom stereocenters. The number of carbonyl (C=O) groups excluding carboxylic acids is 1. The van der Waals surface area contributed by atoms with Crippen molar-refractivity contribution in [3.63, 3.8) is 0 Å². The van der Waals surface area contributed by atoms with Crippen LogP contribution in [0, 0.1) is 6.92 Å². The van der Waals surface area contributed by atoms with Crippen molar-refractivity contribution in [2.24, 2.45) is 0 Å². The van der Waals surface area contributed by atoms with Crippen molar-refractivity contribution in [1.82, 2.24) is 25.5 Å². The van der Waals surface area contributed by atoms with Crippen LogP contribution >= 0.6 is 0 Å². The number of benzene rings is 1. The van der Waals surface area contributed by atoms with Crippen LogP contribution in [0.15, 0.2) is 24.3 Å². The highest BCUT2D eigenvalue weighted by Crippen LogP contribution is 2.15. The number of aryl methyl sites for hydroxylation is 1. The Hall–Kier alpha value is -2.97. The Kier molecular flexibility index (Phi) is 4.12. The lowest BCUT2D eigenvalue weighted by molar-refractivity contribution is -0.142. The highest BCUT2D eigenvalue weighted by Gasteiger charge is 2.22. The van der Waals surface area contributed by atoms with Crippen molar-refractivity contribution >= 4 is 17.8 Å². The Morgan fingerprint density at radius 1 is 1.48 bits per heavy atom. The van der Waals surface area contributed by atoms with Crippen molar-refractivity contribution in [2.75, 3.05) is 5.73 Å². The number of carbonyl (C=O) groups is 2. The van der Waals surface area contributed by atoms with Crippen LogP contribution in [0.2, 0.25) is 0 Å². The Balaban J connectivity index is 2.12. The SMILES string of the molecule is Cc1cccc([C@H](NC(=O)Cn2nnnc2N)C(=O)O)c1. The monoisotopic (exact) mass is 290 g/mol. The molecule has 2 rings (SSSR count). The fourth-order valence-corrected chi connectivity index (χ4v) is 1.80. The van der Waals surface area contributed by atoms with E-state index in [9.17, 15) is 14.7 Å². The summed E-state index contributed by atoms with van der Waals surface area (Å²) in [6.45, 7) is 1.58. The van der Waals surface area contributed by atoms with Crippen LogP contribution in [0.3, 0.4) is 0 Å². The first kappa shape index (κ1) is 14.4. The third-order valence-electron chi connectivity index (χ3n) is 2.78. The number of hydrogen-bond acceptors (Lipinski definition) is 6. The van der Waals surface area contributed by atoms with Gasteiger partial charge in [0.25, 0.3) is 0 Å². The van der Waals surface area contributed by atoms with E-state index in [1.54, 1.807) is 18.2 Å². The molecule has 1 aromatic heterocycles. The molecule has 0 radical (unpaired) electrons. The maximum absolute atomic E-state index is 11.9. The predicted molar refractivity (Wildman–Crippen MR) is 71.9 cm³/mol. The topological polar surface area (TPSA) is 136 Å². The minimum atomic E-state index is -1.15. The lowest BCUT2D eigenvalue weighted by Gasteiger charge is -2.15. The van der Waals surface area contributed by atoms with E-state index in [-0.39, 0.29) is 12.5 Å². The second-order valence-corrected chi connectivity index (χ2v) is 4.45. The molecule has 0 aliphatic heterocycles. The highest BCUT2D eigenvalue weighted by atomic mass is 16.4. The number of aliphatic carboxylic acids is 1. The second kappa shape index (κ2) is 5.99. The first-order chi connectivity index (χ1) is 9.97. The number of nitrogens with one attached hydrogen (secondary N) is 1. The molecule has 1 heterocycles. The first-order valence-electron chi connectivity index (χ1n) is 6.07. The van der Waals surface area contributed by atoms with E-state index in [4.69, 9.17) is 5.73 Å². The summed E-state index contributed by atoms with van der Waals surface area (Å²) >= 11 is 0. The molecule has 0 fully saturated rings. The van der Waals surface area contributed by atoms with E-state index >= 15 is 0 Å². The summed E-state index contributed by atoms with van der Waals surface area (Å²) in [5.41, 5.74) is 6.83. The molecule has 9 heteroatoms. The molecular weight excluding hydrogens is 276 g/mol. The zero-order valence-corrected chi connectivity index (χ0v) is 11.2. The van der Waals surface area contributed by atoms with Gasteiger partial charge >= 0.3 is 5.97 Å². The van der Waals surface area contributed by atoms with Crippen LogP contribution in [0.4, 0.5) is 5.95 Å². The third-order valence-corrected chi connectivity index (χ3v) is 2.78. The quantitative estimate of drug-likeness (QED) is 0.675. The molecule has 0 aliphatic rings. The average molecular weight is 290 g/mol. The number of hydrogen-bond donors (Lipinski definition) is 3. The standard InChI is InChI=1S/C12H14N6O3/c1-7-3-2-4-8(5-7)10(11(20)21)14-9(19)6-18-12(13)15-16-17-18/h2-5,10H,6H2,1H3,(H,14,19)(H,20,21)(H2,13,15,17)/t10-/m0/s1. The predicted octanol–water partition coefficient (Wildman–Crippen LogP) is -0.494. The number of aromatic nitrogens is 4. The van der Waals surface area contributed by atoms with Gasteiger partial charge in [0.15, 0.2) is 6.04 Å². The van der Waals surface area contributed by atoms with Crippen LogP contribution in [0.5, 0.6) is 0 Å². The zero-order chi connectivity index (χ0) is 15.4. The van der Waals surface area contributed by atoms with Crippen LogP contribution in [0.1, 0.15) is 17.2 Å². The van der Waals surface area contributed by atoms with E-state index in [0.717, 1.165) is 10.2 Å². The minimum absolute atomic E-state index is 0.0208. The van der Waals surface area contributed by atoms with E-state index < -0.39 is 17.9 Å². The van der Waals surface area contributed by atoms with Gasteiger partial charge in [-0.15, -0.1) is 0 Å². The number of nitrogens with two attached hydrogens (primary N) is 1. The maximum Gasteiger partial charge on any atom is 0.330 e. The van der Waals surface area contributed by atoms with Gasteiger partial charge < -0.3 is 16.2 Å². The number of amides is 1. The van der Waals surface area contributed by atoms with E-state index in [2.05, 4.69) is 20.8 Å². The lowest BCUT2D eigenvalue weighted by Crippen LogP contribution is -2.36. The number of carboxylic acids is 1. The molecule has 0 unspecified atom stereocenters. The Labute approximate surface area is 119 Å². The molecule has 4 N–H and O–H groups in total. The zero-order valence-electron chi connectivity index (χ0n) is 11.2. The van der Waals surface area contributed by atoms with Crippen LogP contribution in [0.25, 0.3) is 0 Å². The minimum Gasteiger partial charge on any atom is -0.479 e. The van der Waals surface area contributed by atoms with Gasteiger partial charge in [-0.05, 0) is 22.9 Å². The van der Waals surface area contributed by atoms with Gasteiger partial charge in [0.05, 0.1) is 0 Å². The van der Waals surface area contributed by atoms with Crippen LogP contribution < -0.4 is 11.1 Å². The van der Waals surface area contributed by atoms with E-state index in [0.29, 0.717) is 5.56 Å².